The van der Waals surface area contributed by atoms with Crippen LogP contribution in [0.2, 0.25) is 0 Å². The van der Waals surface area contributed by atoms with Crippen LogP contribution in [0.4, 0.5) is 0 Å². The molecular weight excluding hydrogens is 294 g/mol. The Morgan fingerprint density at radius 3 is 3.04 bits per heavy atom. The van der Waals surface area contributed by atoms with Gasteiger partial charge in [-0.2, -0.15) is 0 Å². The minimum absolute atomic E-state index is 0.00968. The minimum Gasteiger partial charge on any atom is -0.379 e. The molecule has 0 radical (unpaired) electrons. The summed E-state index contributed by atoms with van der Waals surface area (Å²) in [7, 11) is 0. The van der Waals surface area contributed by atoms with Crippen LogP contribution in [0.25, 0.3) is 0 Å². The molecule has 1 aliphatic carbocycles. The predicted molar refractivity (Wildman–Crippen MR) is 83.2 cm³/mol. The fourth-order valence-corrected chi connectivity index (χ4v) is 3.23. The van der Waals surface area contributed by atoms with E-state index >= 15 is 0 Å². The van der Waals surface area contributed by atoms with E-state index in [0.717, 1.165) is 36.4 Å². The average molecular weight is 315 g/mol. The molecule has 1 amide bonds. The molecule has 122 valence electrons. The van der Waals surface area contributed by atoms with Gasteiger partial charge in [0.2, 0.25) is 0 Å². The molecule has 2 atom stereocenters. The van der Waals surface area contributed by atoms with Crippen molar-refractivity contribution in [2.45, 2.75) is 38.3 Å². The van der Waals surface area contributed by atoms with E-state index in [9.17, 15) is 4.79 Å². The Labute approximate surface area is 134 Å². The number of aromatic nitrogens is 2. The molecule has 6 heteroatoms. The van der Waals surface area contributed by atoms with Gasteiger partial charge in [-0.25, -0.2) is 0 Å². The molecule has 2 aromatic rings. The van der Waals surface area contributed by atoms with Crippen molar-refractivity contribution < 1.29 is 14.1 Å². The molecule has 1 aliphatic heterocycles. The number of nitrogens with one attached hydrogen (secondary N) is 1. The van der Waals surface area contributed by atoms with E-state index < -0.39 is 0 Å². The third-order valence-electron chi connectivity index (χ3n) is 4.61. The van der Waals surface area contributed by atoms with Gasteiger partial charge in [-0.05, 0) is 31.9 Å². The highest BCUT2D eigenvalue weighted by atomic mass is 16.5. The second-order valence-corrected chi connectivity index (χ2v) is 6.55. The van der Waals surface area contributed by atoms with Crippen molar-refractivity contribution in [2.24, 2.45) is 5.92 Å². The zero-order valence-corrected chi connectivity index (χ0v) is 13.2. The zero-order valence-electron chi connectivity index (χ0n) is 13.2. The summed E-state index contributed by atoms with van der Waals surface area (Å²) in [5.41, 5.74) is 1.62. The molecule has 1 saturated carbocycles. The third-order valence-corrected chi connectivity index (χ3v) is 4.61. The lowest BCUT2D eigenvalue weighted by Gasteiger charge is -2.18. The molecule has 0 spiro atoms. The average Bonchev–Trinajstić information content (AvgIpc) is 2.93. The predicted octanol–water partition coefficient (Wildman–Crippen LogP) is 2.11. The summed E-state index contributed by atoms with van der Waals surface area (Å²) < 4.78 is 12.9. The summed E-state index contributed by atoms with van der Waals surface area (Å²) in [6, 6.07) is 6.27. The van der Waals surface area contributed by atoms with Crippen molar-refractivity contribution in [3.8, 4) is 0 Å². The van der Waals surface area contributed by atoms with E-state index in [1.165, 1.54) is 0 Å². The fraction of sp³-hybridized carbons (Fsp3) is 0.529. The van der Waals surface area contributed by atoms with Gasteiger partial charge in [-0.3, -0.25) is 4.79 Å². The van der Waals surface area contributed by atoms with E-state index in [2.05, 4.69) is 15.0 Å². The van der Waals surface area contributed by atoms with Crippen molar-refractivity contribution in [3.05, 3.63) is 41.5 Å². The lowest BCUT2D eigenvalue weighted by Crippen LogP contribution is -2.41. The van der Waals surface area contributed by atoms with Crippen LogP contribution in [0.3, 0.4) is 0 Å². The van der Waals surface area contributed by atoms with Crippen molar-refractivity contribution in [1.29, 1.82) is 0 Å². The maximum Gasteiger partial charge on any atom is 0.268 e. The van der Waals surface area contributed by atoms with Crippen molar-refractivity contribution in [1.82, 2.24) is 15.0 Å². The summed E-state index contributed by atoms with van der Waals surface area (Å²) in [5.74, 6) is 1.05. The standard InChI is InChI=1S/C17H21N3O3/c1-11-7-14(23-19-11)8-12-9-22-10-15(12)18-17(21)16-3-2-6-20(16)13-4-5-13/h2-3,6-7,12-13,15H,4-5,8-10H2,1H3,(H,18,21)/t12-,15+/m1/s1. The van der Waals surface area contributed by atoms with Gasteiger partial charge in [0.05, 0.1) is 24.9 Å². The van der Waals surface area contributed by atoms with Gasteiger partial charge < -0.3 is 19.1 Å². The Morgan fingerprint density at radius 1 is 1.43 bits per heavy atom. The summed E-state index contributed by atoms with van der Waals surface area (Å²) >= 11 is 0. The van der Waals surface area contributed by atoms with Crippen LogP contribution in [0.15, 0.2) is 28.9 Å². The number of aryl methyl sites for hydroxylation is 1. The minimum atomic E-state index is -0.0175. The second-order valence-electron chi connectivity index (χ2n) is 6.55. The van der Waals surface area contributed by atoms with E-state index in [1.54, 1.807) is 0 Å². The van der Waals surface area contributed by atoms with Crippen LogP contribution < -0.4 is 5.32 Å². The summed E-state index contributed by atoms with van der Waals surface area (Å²) in [5, 5.41) is 7.05. The maximum absolute atomic E-state index is 12.6. The van der Waals surface area contributed by atoms with E-state index in [0.29, 0.717) is 19.3 Å². The van der Waals surface area contributed by atoms with Crippen LogP contribution >= 0.6 is 0 Å². The quantitative estimate of drug-likeness (QED) is 0.917. The molecule has 2 aromatic heterocycles. The van der Waals surface area contributed by atoms with Crippen molar-refractivity contribution >= 4 is 5.91 Å². The first kappa shape index (κ1) is 14.5. The molecule has 3 heterocycles. The lowest BCUT2D eigenvalue weighted by molar-refractivity contribution is 0.0915. The Morgan fingerprint density at radius 2 is 2.30 bits per heavy atom. The lowest BCUT2D eigenvalue weighted by atomic mass is 9.98. The second kappa shape index (κ2) is 5.85. The fourth-order valence-electron chi connectivity index (χ4n) is 3.23. The van der Waals surface area contributed by atoms with Crippen molar-refractivity contribution in [3.63, 3.8) is 0 Å². The summed E-state index contributed by atoms with van der Waals surface area (Å²) in [4.78, 5) is 12.6. The number of hydrogen-bond donors (Lipinski definition) is 1. The van der Waals surface area contributed by atoms with E-state index in [4.69, 9.17) is 9.26 Å². The highest BCUT2D eigenvalue weighted by Crippen LogP contribution is 2.36. The van der Waals surface area contributed by atoms with E-state index in [-0.39, 0.29) is 17.9 Å². The number of ether oxygens (including phenoxy) is 1. The first-order valence-electron chi connectivity index (χ1n) is 8.18. The van der Waals surface area contributed by atoms with Crippen LogP contribution in [-0.4, -0.2) is 34.9 Å². The normalized spacial score (nSPS) is 24.0. The van der Waals surface area contributed by atoms with Crippen LogP contribution in [0.1, 0.15) is 40.8 Å². The van der Waals surface area contributed by atoms with Gasteiger partial charge in [0, 0.05) is 30.6 Å². The highest BCUT2D eigenvalue weighted by molar-refractivity contribution is 5.93. The van der Waals surface area contributed by atoms with Crippen LogP contribution in [0, 0.1) is 12.8 Å². The molecule has 4 rings (SSSR count). The van der Waals surface area contributed by atoms with Gasteiger partial charge in [-0.1, -0.05) is 5.16 Å². The molecule has 1 N–H and O–H groups in total. The highest BCUT2D eigenvalue weighted by Gasteiger charge is 2.32. The first-order chi connectivity index (χ1) is 11.2. The smallest absolute Gasteiger partial charge is 0.268 e. The number of carbonyl (C=O) groups is 1. The Hall–Kier alpha value is -2.08. The largest absolute Gasteiger partial charge is 0.379 e. The number of hydrogen-bond acceptors (Lipinski definition) is 4. The van der Waals surface area contributed by atoms with Crippen molar-refractivity contribution in [2.75, 3.05) is 13.2 Å². The molecule has 0 unspecified atom stereocenters. The number of rotatable bonds is 5. The topological polar surface area (TPSA) is 69.3 Å². The summed E-state index contributed by atoms with van der Waals surface area (Å²) in [6.07, 6.45) is 5.05. The van der Waals surface area contributed by atoms with Gasteiger partial charge >= 0.3 is 0 Å². The first-order valence-corrected chi connectivity index (χ1v) is 8.18. The molecule has 0 bridgehead atoms. The van der Waals surface area contributed by atoms with Gasteiger partial charge in [-0.15, -0.1) is 0 Å². The van der Waals surface area contributed by atoms with Crippen LogP contribution in [0.5, 0.6) is 0 Å². The summed E-state index contributed by atoms with van der Waals surface area (Å²) in [6.45, 7) is 3.09. The molecule has 6 nitrogen and oxygen atoms in total. The monoisotopic (exact) mass is 315 g/mol. The Bertz CT molecular complexity index is 702. The molecule has 2 fully saturated rings. The Balaban J connectivity index is 1.42. The molecule has 1 saturated heterocycles. The molecule has 2 aliphatic rings. The Kier molecular flexibility index (Phi) is 3.69. The maximum atomic E-state index is 12.6. The zero-order chi connectivity index (χ0) is 15.8. The molecule has 0 aromatic carbocycles. The van der Waals surface area contributed by atoms with E-state index in [1.807, 2.05) is 31.3 Å². The SMILES string of the molecule is Cc1cc(C[C@@H]2COC[C@@H]2NC(=O)c2cccn2C2CC2)on1. The molecular formula is C17H21N3O3. The number of amides is 1. The van der Waals surface area contributed by atoms with Gasteiger partial charge in [0.25, 0.3) is 5.91 Å². The third kappa shape index (κ3) is 3.03. The van der Waals surface area contributed by atoms with Gasteiger partial charge in [0.1, 0.15) is 11.5 Å². The van der Waals surface area contributed by atoms with Gasteiger partial charge in [0.15, 0.2) is 0 Å². The molecule has 23 heavy (non-hydrogen) atoms. The number of nitrogens with zero attached hydrogens (tertiary/aromatic N) is 2. The van der Waals surface area contributed by atoms with Crippen LogP contribution in [-0.2, 0) is 11.2 Å². The number of carbonyl (C=O) groups excluding carboxylic acids is 1.